The molecule has 1 aliphatic rings. The van der Waals surface area contributed by atoms with Crippen molar-refractivity contribution in [2.45, 2.75) is 24.2 Å². The van der Waals surface area contributed by atoms with Gasteiger partial charge in [0.1, 0.15) is 10.7 Å². The molecule has 0 saturated carbocycles. The van der Waals surface area contributed by atoms with Crippen LogP contribution in [0.4, 0.5) is 4.39 Å². The summed E-state index contributed by atoms with van der Waals surface area (Å²) in [5, 5.41) is 0. The molecule has 0 aliphatic carbocycles. The molecule has 100 valence electrons. The van der Waals surface area contributed by atoms with E-state index in [1.165, 1.54) is 16.4 Å². The molecule has 1 heterocycles. The van der Waals surface area contributed by atoms with Crippen LogP contribution in [0.15, 0.2) is 23.1 Å². The van der Waals surface area contributed by atoms with E-state index in [1.54, 1.807) is 6.07 Å². The van der Waals surface area contributed by atoms with Crippen LogP contribution in [-0.4, -0.2) is 32.4 Å². The number of hydrogen-bond acceptors (Lipinski definition) is 3. The van der Waals surface area contributed by atoms with E-state index in [1.807, 2.05) is 0 Å². The van der Waals surface area contributed by atoms with Crippen molar-refractivity contribution in [3.05, 3.63) is 29.6 Å². The van der Waals surface area contributed by atoms with Gasteiger partial charge < -0.3 is 5.73 Å². The zero-order valence-corrected chi connectivity index (χ0v) is 10.9. The molecule has 1 aromatic rings. The number of halogens is 1. The molecule has 0 radical (unpaired) electrons. The molecule has 0 spiro atoms. The van der Waals surface area contributed by atoms with E-state index in [0.717, 1.165) is 18.4 Å². The highest BCUT2D eigenvalue weighted by Crippen LogP contribution is 2.24. The number of benzene rings is 1. The molecule has 1 aromatic carbocycles. The molecule has 6 heteroatoms. The molecule has 0 unspecified atom stereocenters. The molecule has 1 fully saturated rings. The van der Waals surface area contributed by atoms with Crippen LogP contribution in [0.5, 0.6) is 0 Å². The fourth-order valence-corrected chi connectivity index (χ4v) is 3.77. The van der Waals surface area contributed by atoms with Gasteiger partial charge in [0.25, 0.3) is 0 Å². The van der Waals surface area contributed by atoms with E-state index in [2.05, 4.69) is 0 Å². The van der Waals surface area contributed by atoms with Gasteiger partial charge in [-0.2, -0.15) is 4.31 Å². The second-order valence-electron chi connectivity index (χ2n) is 4.41. The van der Waals surface area contributed by atoms with Crippen molar-refractivity contribution in [3.63, 3.8) is 0 Å². The lowest BCUT2D eigenvalue weighted by Crippen LogP contribution is -2.28. The smallest absolute Gasteiger partial charge is 0.245 e. The molecule has 18 heavy (non-hydrogen) atoms. The van der Waals surface area contributed by atoms with E-state index >= 15 is 0 Å². The fourth-order valence-electron chi connectivity index (χ4n) is 2.14. The van der Waals surface area contributed by atoms with E-state index in [9.17, 15) is 12.8 Å². The third-order valence-electron chi connectivity index (χ3n) is 3.11. The molecule has 1 aliphatic heterocycles. The molecule has 1 saturated heterocycles. The van der Waals surface area contributed by atoms with Crippen molar-refractivity contribution in [2.24, 2.45) is 5.73 Å². The Bertz CT molecular complexity index is 525. The maximum atomic E-state index is 13.7. The van der Waals surface area contributed by atoms with Crippen molar-refractivity contribution >= 4 is 10.0 Å². The highest BCUT2D eigenvalue weighted by molar-refractivity contribution is 7.89. The largest absolute Gasteiger partial charge is 0.330 e. The number of hydrogen-bond donors (Lipinski definition) is 1. The molecule has 0 atom stereocenters. The van der Waals surface area contributed by atoms with Gasteiger partial charge in [-0.25, -0.2) is 12.8 Å². The average molecular weight is 272 g/mol. The Hall–Kier alpha value is -0.980. The first-order valence-electron chi connectivity index (χ1n) is 6.04. The lowest BCUT2D eigenvalue weighted by Gasteiger charge is -2.16. The normalized spacial score (nSPS) is 17.2. The maximum absolute atomic E-state index is 13.7. The van der Waals surface area contributed by atoms with E-state index in [-0.39, 0.29) is 4.90 Å². The van der Waals surface area contributed by atoms with Gasteiger partial charge in [0.2, 0.25) is 10.0 Å². The summed E-state index contributed by atoms with van der Waals surface area (Å²) in [6.07, 6.45) is 2.22. The second-order valence-corrected chi connectivity index (χ2v) is 6.32. The van der Waals surface area contributed by atoms with Crippen LogP contribution in [0.25, 0.3) is 0 Å². The van der Waals surface area contributed by atoms with Crippen molar-refractivity contribution in [1.82, 2.24) is 4.31 Å². The van der Waals surface area contributed by atoms with Gasteiger partial charge in [-0.05, 0) is 43.5 Å². The lowest BCUT2D eigenvalue weighted by molar-refractivity contribution is 0.469. The van der Waals surface area contributed by atoms with Crippen LogP contribution in [0.1, 0.15) is 18.4 Å². The number of rotatable bonds is 4. The number of nitrogens with zero attached hydrogens (tertiary/aromatic N) is 1. The van der Waals surface area contributed by atoms with Gasteiger partial charge in [-0.1, -0.05) is 6.07 Å². The number of sulfonamides is 1. The van der Waals surface area contributed by atoms with E-state index in [4.69, 9.17) is 5.73 Å². The van der Waals surface area contributed by atoms with Crippen LogP contribution in [0, 0.1) is 5.82 Å². The molecule has 2 rings (SSSR count). The minimum absolute atomic E-state index is 0.227. The van der Waals surface area contributed by atoms with Gasteiger partial charge in [-0.3, -0.25) is 0 Å². The zero-order valence-electron chi connectivity index (χ0n) is 10.1. The monoisotopic (exact) mass is 272 g/mol. The standard InChI is InChI=1S/C12H17FN2O2S/c13-11-4-3-10(5-6-14)9-12(11)18(16,17)15-7-1-2-8-15/h3-4,9H,1-2,5-8,14H2. The Morgan fingerprint density at radius 2 is 1.94 bits per heavy atom. The van der Waals surface area contributed by atoms with Crippen LogP contribution in [0.2, 0.25) is 0 Å². The maximum Gasteiger partial charge on any atom is 0.245 e. The molecule has 4 nitrogen and oxygen atoms in total. The SMILES string of the molecule is NCCc1ccc(F)c(S(=O)(=O)N2CCCC2)c1. The highest BCUT2D eigenvalue weighted by Gasteiger charge is 2.29. The minimum Gasteiger partial charge on any atom is -0.330 e. The second kappa shape index (κ2) is 5.34. The van der Waals surface area contributed by atoms with E-state index < -0.39 is 15.8 Å². The van der Waals surface area contributed by atoms with Gasteiger partial charge in [-0.15, -0.1) is 0 Å². The van der Waals surface area contributed by atoms with Crippen molar-refractivity contribution in [2.75, 3.05) is 19.6 Å². The van der Waals surface area contributed by atoms with Gasteiger partial charge >= 0.3 is 0 Å². The average Bonchev–Trinajstić information content (AvgIpc) is 2.86. The van der Waals surface area contributed by atoms with Gasteiger partial charge in [0.05, 0.1) is 0 Å². The molecule has 0 bridgehead atoms. The number of nitrogens with two attached hydrogens (primary N) is 1. The predicted molar refractivity (Wildman–Crippen MR) is 67.2 cm³/mol. The van der Waals surface area contributed by atoms with Crippen LogP contribution < -0.4 is 5.73 Å². The van der Waals surface area contributed by atoms with Gasteiger partial charge in [0.15, 0.2) is 0 Å². The summed E-state index contributed by atoms with van der Waals surface area (Å²) < 4.78 is 39.6. The summed E-state index contributed by atoms with van der Waals surface area (Å²) in [6.45, 7) is 1.36. The van der Waals surface area contributed by atoms with Crippen LogP contribution >= 0.6 is 0 Å². The Labute approximate surface area is 107 Å². The Morgan fingerprint density at radius 3 is 2.56 bits per heavy atom. The lowest BCUT2D eigenvalue weighted by atomic mass is 10.1. The van der Waals surface area contributed by atoms with Crippen LogP contribution in [-0.2, 0) is 16.4 Å². The summed E-state index contributed by atoms with van der Waals surface area (Å²) in [5.74, 6) is -0.692. The van der Waals surface area contributed by atoms with Crippen molar-refractivity contribution in [3.8, 4) is 0 Å². The minimum atomic E-state index is -3.69. The fraction of sp³-hybridized carbons (Fsp3) is 0.500. The molecular formula is C12H17FN2O2S. The van der Waals surface area contributed by atoms with Crippen molar-refractivity contribution < 1.29 is 12.8 Å². The summed E-state index contributed by atoms with van der Waals surface area (Å²) in [7, 11) is -3.69. The summed E-state index contributed by atoms with van der Waals surface area (Å²) >= 11 is 0. The predicted octanol–water partition coefficient (Wildman–Crippen LogP) is 1.11. The summed E-state index contributed by atoms with van der Waals surface area (Å²) in [4.78, 5) is -0.227. The Morgan fingerprint density at radius 1 is 1.28 bits per heavy atom. The third-order valence-corrected chi connectivity index (χ3v) is 5.03. The molecule has 2 N–H and O–H groups in total. The first-order chi connectivity index (χ1) is 8.55. The molecular weight excluding hydrogens is 255 g/mol. The Balaban J connectivity index is 2.39. The first-order valence-corrected chi connectivity index (χ1v) is 7.48. The van der Waals surface area contributed by atoms with E-state index in [0.29, 0.717) is 26.1 Å². The summed E-state index contributed by atoms with van der Waals surface area (Å²) in [5.41, 5.74) is 6.17. The summed E-state index contributed by atoms with van der Waals surface area (Å²) in [6, 6.07) is 4.18. The highest BCUT2D eigenvalue weighted by atomic mass is 32.2. The quantitative estimate of drug-likeness (QED) is 0.893. The van der Waals surface area contributed by atoms with Crippen molar-refractivity contribution in [1.29, 1.82) is 0 Å². The first kappa shape index (κ1) is 13.5. The molecule has 0 aromatic heterocycles. The third kappa shape index (κ3) is 2.55. The molecule has 0 amide bonds. The Kier molecular flexibility index (Phi) is 3.99. The van der Waals surface area contributed by atoms with Crippen LogP contribution in [0.3, 0.4) is 0 Å². The van der Waals surface area contributed by atoms with Gasteiger partial charge in [0, 0.05) is 13.1 Å². The zero-order chi connectivity index (χ0) is 13.2. The topological polar surface area (TPSA) is 63.4 Å².